The van der Waals surface area contributed by atoms with Crippen LogP contribution in [-0.4, -0.2) is 26.6 Å². The minimum absolute atomic E-state index is 0. The summed E-state index contributed by atoms with van der Waals surface area (Å²) in [6, 6.07) is 29.5. The fraction of sp³-hybridized carbons (Fsp3) is 0.152. The molecule has 6 aromatic rings. The molecule has 7 nitrogen and oxygen atoms in total. The average Bonchev–Trinajstić information content (AvgIpc) is 3.47. The molecule has 0 aliphatic carbocycles. The Balaban J connectivity index is 0.00000302. The normalized spacial score (nSPS) is 13.0. The third-order valence-electron chi connectivity index (χ3n) is 7.17. The predicted octanol–water partition coefficient (Wildman–Crippen LogP) is 7.36. The first-order valence-corrected chi connectivity index (χ1v) is 13.2. The molecule has 0 radical (unpaired) electrons. The Bertz CT molecular complexity index is 1880. The van der Waals surface area contributed by atoms with Crippen LogP contribution in [0.1, 0.15) is 26.3 Å². The van der Waals surface area contributed by atoms with Crippen LogP contribution in [0.4, 0.5) is 17.2 Å². The maximum Gasteiger partial charge on any atom is 0.135 e. The van der Waals surface area contributed by atoms with Crippen molar-refractivity contribution in [3.8, 4) is 17.3 Å². The van der Waals surface area contributed by atoms with Crippen LogP contribution >= 0.6 is 0 Å². The second-order valence-corrected chi connectivity index (χ2v) is 10.9. The number of rotatable bonds is 4. The standard InChI is InChI=1S/C33H27N6O.Pt/c1-33(2,3)22-15-23(38-21-37(4)32-30(38)19-34-20-36-32)17-25(16-22)40-24-12-13-27-26-9-5-6-10-28(26)39(29(27)18-24)31-11-7-8-14-35-31;/h5-16,19-21H,1-4H3;/q-3;. The monoisotopic (exact) mass is 718 g/mol. The van der Waals surface area contributed by atoms with Crippen LogP contribution in [0.25, 0.3) is 27.6 Å². The molecule has 41 heavy (non-hydrogen) atoms. The van der Waals surface area contributed by atoms with Gasteiger partial charge in [-0.1, -0.05) is 50.6 Å². The molecular formula is C33H27N6OPt-3. The fourth-order valence-corrected chi connectivity index (χ4v) is 5.16. The Labute approximate surface area is 253 Å². The Morgan fingerprint density at radius 3 is 2.51 bits per heavy atom. The van der Waals surface area contributed by atoms with Gasteiger partial charge in [-0.2, -0.15) is 12.7 Å². The first kappa shape index (κ1) is 27.0. The summed E-state index contributed by atoms with van der Waals surface area (Å²) in [6.07, 6.45) is 5.19. The van der Waals surface area contributed by atoms with Gasteiger partial charge in [0.1, 0.15) is 18.0 Å². The van der Waals surface area contributed by atoms with Gasteiger partial charge in [-0.3, -0.25) is 0 Å². The smallest absolute Gasteiger partial charge is 0.135 e. The van der Waals surface area contributed by atoms with E-state index in [1.54, 1.807) is 12.5 Å². The van der Waals surface area contributed by atoms with E-state index in [0.717, 1.165) is 50.4 Å². The van der Waals surface area contributed by atoms with Gasteiger partial charge in [-0.05, 0) is 36.0 Å². The minimum atomic E-state index is -0.108. The fourth-order valence-electron chi connectivity index (χ4n) is 5.16. The Kier molecular flexibility index (Phi) is 6.78. The number of pyridine rings is 1. The van der Waals surface area contributed by atoms with Crippen LogP contribution in [0.5, 0.6) is 11.5 Å². The van der Waals surface area contributed by atoms with Crippen molar-refractivity contribution >= 4 is 39.0 Å². The van der Waals surface area contributed by atoms with Gasteiger partial charge in [0, 0.05) is 44.3 Å². The predicted molar refractivity (Wildman–Crippen MR) is 158 cm³/mol. The number of fused-ring (bicyclic) bond motifs is 4. The number of aromatic nitrogens is 4. The van der Waals surface area contributed by atoms with Crippen molar-refractivity contribution in [2.45, 2.75) is 26.2 Å². The molecule has 1 aliphatic rings. The van der Waals surface area contributed by atoms with Gasteiger partial charge >= 0.3 is 0 Å². The summed E-state index contributed by atoms with van der Waals surface area (Å²) in [4.78, 5) is 17.3. The van der Waals surface area contributed by atoms with Gasteiger partial charge in [-0.25, -0.2) is 15.0 Å². The molecule has 0 fully saturated rings. The summed E-state index contributed by atoms with van der Waals surface area (Å²) in [5, 5.41) is 2.23. The molecule has 4 heterocycles. The van der Waals surface area contributed by atoms with Gasteiger partial charge in [0.15, 0.2) is 0 Å². The van der Waals surface area contributed by atoms with E-state index in [0.29, 0.717) is 11.5 Å². The van der Waals surface area contributed by atoms with E-state index in [4.69, 9.17) is 4.74 Å². The molecule has 0 amide bonds. The molecule has 0 unspecified atom stereocenters. The molecule has 0 saturated heterocycles. The molecule has 208 valence electrons. The van der Waals surface area contributed by atoms with Gasteiger partial charge in [0.25, 0.3) is 0 Å². The quantitative estimate of drug-likeness (QED) is 0.178. The SMILES string of the molecule is CN1[CH-]N(c2[c-]c(Oc3[c-]c4c(cc3)c3ccccc3n4-c3ccccn3)cc(C(C)(C)C)c2)c2cncnc21.[Pt]. The molecule has 0 bridgehead atoms. The number of ether oxygens (including phenoxy) is 1. The Hall–Kier alpha value is -4.22. The average molecular weight is 719 g/mol. The zero-order valence-electron chi connectivity index (χ0n) is 23.1. The van der Waals surface area contributed by atoms with Crippen LogP contribution in [0.3, 0.4) is 0 Å². The van der Waals surface area contributed by atoms with Gasteiger partial charge in [0.2, 0.25) is 0 Å². The van der Waals surface area contributed by atoms with Crippen molar-refractivity contribution in [1.29, 1.82) is 0 Å². The zero-order valence-corrected chi connectivity index (χ0v) is 25.3. The molecule has 0 N–H and O–H groups in total. The van der Waals surface area contributed by atoms with Crippen LogP contribution < -0.4 is 14.5 Å². The van der Waals surface area contributed by atoms with Crippen molar-refractivity contribution in [1.82, 2.24) is 19.5 Å². The molecule has 3 aromatic heterocycles. The summed E-state index contributed by atoms with van der Waals surface area (Å²) in [7, 11) is 1.97. The zero-order chi connectivity index (χ0) is 27.4. The maximum atomic E-state index is 6.49. The van der Waals surface area contributed by atoms with E-state index in [9.17, 15) is 0 Å². The molecular weight excluding hydrogens is 691 g/mol. The molecule has 1 aliphatic heterocycles. The molecule has 8 heteroatoms. The number of hydrogen-bond donors (Lipinski definition) is 0. The summed E-state index contributed by atoms with van der Waals surface area (Å²) < 4.78 is 8.62. The first-order chi connectivity index (χ1) is 19.4. The van der Waals surface area contributed by atoms with E-state index in [-0.39, 0.29) is 26.5 Å². The number of nitrogens with zero attached hydrogens (tertiary/aromatic N) is 6. The van der Waals surface area contributed by atoms with E-state index < -0.39 is 0 Å². The topological polar surface area (TPSA) is 59.3 Å². The van der Waals surface area contributed by atoms with E-state index in [2.05, 4.69) is 88.8 Å². The second kappa shape index (κ2) is 10.3. The number of benzene rings is 3. The third kappa shape index (κ3) is 4.74. The van der Waals surface area contributed by atoms with Gasteiger partial charge in [0.05, 0.1) is 11.9 Å². The van der Waals surface area contributed by atoms with E-state index in [1.165, 1.54) is 0 Å². The summed E-state index contributed by atoms with van der Waals surface area (Å²) in [5.41, 5.74) is 4.75. The largest absolute Gasteiger partial charge is 0.509 e. The van der Waals surface area contributed by atoms with Gasteiger partial charge < -0.3 is 19.1 Å². The first-order valence-electron chi connectivity index (χ1n) is 13.2. The summed E-state index contributed by atoms with van der Waals surface area (Å²) in [5.74, 6) is 2.89. The number of hydrogen-bond acceptors (Lipinski definition) is 6. The summed E-state index contributed by atoms with van der Waals surface area (Å²) >= 11 is 0. The van der Waals surface area contributed by atoms with E-state index in [1.807, 2.05) is 60.0 Å². The molecule has 0 spiro atoms. The second-order valence-electron chi connectivity index (χ2n) is 10.9. The third-order valence-corrected chi connectivity index (χ3v) is 7.17. The van der Waals surface area contributed by atoms with Crippen molar-refractivity contribution in [2.75, 3.05) is 16.8 Å². The molecule has 7 rings (SSSR count). The van der Waals surface area contributed by atoms with Crippen LogP contribution in [0.15, 0.2) is 85.5 Å². The Morgan fingerprint density at radius 1 is 0.878 bits per heavy atom. The van der Waals surface area contributed by atoms with Crippen molar-refractivity contribution in [2.24, 2.45) is 0 Å². The molecule has 0 atom stereocenters. The van der Waals surface area contributed by atoms with Crippen LogP contribution in [-0.2, 0) is 26.5 Å². The van der Waals surface area contributed by atoms with Crippen molar-refractivity contribution in [3.63, 3.8) is 0 Å². The minimum Gasteiger partial charge on any atom is -0.509 e. The number of para-hydroxylation sites is 1. The number of anilines is 3. The Morgan fingerprint density at radius 2 is 1.71 bits per heavy atom. The molecule has 0 saturated carbocycles. The van der Waals surface area contributed by atoms with E-state index >= 15 is 0 Å². The van der Waals surface area contributed by atoms with Gasteiger partial charge in [-0.15, -0.1) is 47.0 Å². The van der Waals surface area contributed by atoms with Crippen LogP contribution in [0, 0.1) is 18.8 Å². The summed E-state index contributed by atoms with van der Waals surface area (Å²) in [6.45, 7) is 8.56. The van der Waals surface area contributed by atoms with Crippen molar-refractivity contribution < 1.29 is 25.8 Å². The van der Waals surface area contributed by atoms with Crippen LogP contribution in [0.2, 0.25) is 0 Å². The molecule has 3 aromatic carbocycles. The maximum absolute atomic E-state index is 6.49. The van der Waals surface area contributed by atoms with Crippen molar-refractivity contribution in [3.05, 3.63) is 110 Å².